The Morgan fingerprint density at radius 3 is 2.14 bits per heavy atom. The van der Waals surface area contributed by atoms with Gasteiger partial charge < -0.3 is 19.7 Å². The molecule has 2 aromatic carbocycles. The first kappa shape index (κ1) is 21.8. The summed E-state index contributed by atoms with van der Waals surface area (Å²) in [5, 5.41) is 3.16. The molecule has 152 valence electrons. The lowest BCUT2D eigenvalue weighted by Gasteiger charge is -2.27. The van der Waals surface area contributed by atoms with E-state index in [4.69, 9.17) is 9.47 Å². The van der Waals surface area contributed by atoms with Gasteiger partial charge in [0.25, 0.3) is 0 Å². The van der Waals surface area contributed by atoms with Gasteiger partial charge in [-0.1, -0.05) is 50.2 Å². The molecule has 2 aromatic rings. The van der Waals surface area contributed by atoms with Gasteiger partial charge in [0.05, 0.1) is 26.2 Å². The van der Waals surface area contributed by atoms with E-state index < -0.39 is 0 Å². The second-order valence-electron chi connectivity index (χ2n) is 7.47. The van der Waals surface area contributed by atoms with E-state index in [2.05, 4.69) is 36.2 Å². The van der Waals surface area contributed by atoms with E-state index in [1.54, 1.807) is 14.2 Å². The van der Waals surface area contributed by atoms with Gasteiger partial charge in [-0.2, -0.15) is 0 Å². The molecule has 0 bridgehead atoms. The zero-order chi connectivity index (χ0) is 20.7. The van der Waals surface area contributed by atoms with Crippen LogP contribution in [0.25, 0.3) is 0 Å². The minimum atomic E-state index is -0.265. The first-order chi connectivity index (χ1) is 13.4. The molecule has 0 heterocycles. The minimum Gasteiger partial charge on any atom is -0.493 e. The number of carbonyl (C=O) groups is 1. The minimum absolute atomic E-state index is 0.0185. The van der Waals surface area contributed by atoms with Crippen LogP contribution in [0.2, 0.25) is 0 Å². The largest absolute Gasteiger partial charge is 0.493 e. The highest BCUT2D eigenvalue weighted by molar-refractivity contribution is 5.84. The van der Waals surface area contributed by atoms with Crippen molar-refractivity contribution in [3.05, 3.63) is 59.7 Å². The number of nitrogens with one attached hydrogen (secondary N) is 1. The average molecular weight is 385 g/mol. The molecule has 28 heavy (non-hydrogen) atoms. The Labute approximate surface area is 168 Å². The maximum absolute atomic E-state index is 13.1. The molecular formula is C23H32N2O3. The fraction of sp³-hybridized carbons (Fsp3) is 0.435. The molecule has 0 radical (unpaired) electrons. The van der Waals surface area contributed by atoms with E-state index in [-0.39, 0.29) is 23.8 Å². The van der Waals surface area contributed by atoms with Crippen molar-refractivity contribution >= 4 is 5.91 Å². The number of hydrogen-bond acceptors (Lipinski definition) is 4. The molecule has 2 rings (SSSR count). The number of likely N-dealkylation sites (N-methyl/N-ethyl adjacent to an activating group) is 1. The molecule has 0 spiro atoms. The van der Waals surface area contributed by atoms with E-state index in [0.29, 0.717) is 18.0 Å². The Morgan fingerprint density at radius 1 is 0.964 bits per heavy atom. The Hall–Kier alpha value is -2.53. The summed E-state index contributed by atoms with van der Waals surface area (Å²) in [5.41, 5.74) is 2.10. The summed E-state index contributed by atoms with van der Waals surface area (Å²) >= 11 is 0. The number of rotatable bonds is 9. The first-order valence-corrected chi connectivity index (χ1v) is 9.60. The molecule has 0 aliphatic rings. The fourth-order valence-corrected chi connectivity index (χ4v) is 3.47. The van der Waals surface area contributed by atoms with Gasteiger partial charge in [0, 0.05) is 6.54 Å². The Balaban J connectivity index is 2.19. The first-order valence-electron chi connectivity index (χ1n) is 9.60. The van der Waals surface area contributed by atoms with Crippen molar-refractivity contribution in [1.82, 2.24) is 10.2 Å². The number of benzene rings is 2. The third-order valence-electron chi connectivity index (χ3n) is 4.99. The molecule has 5 heteroatoms. The second-order valence-corrected chi connectivity index (χ2v) is 7.47. The Morgan fingerprint density at radius 2 is 1.61 bits per heavy atom. The lowest BCUT2D eigenvalue weighted by atomic mass is 9.87. The number of ether oxygens (including phenoxy) is 2. The van der Waals surface area contributed by atoms with Crippen molar-refractivity contribution in [2.75, 3.05) is 34.9 Å². The average Bonchev–Trinajstić information content (AvgIpc) is 2.68. The lowest BCUT2D eigenvalue weighted by Crippen LogP contribution is -2.38. The van der Waals surface area contributed by atoms with Crippen LogP contribution in [0.3, 0.4) is 0 Å². The summed E-state index contributed by atoms with van der Waals surface area (Å²) in [5.74, 6) is 1.19. The normalized spacial score (nSPS) is 13.3. The molecule has 5 nitrogen and oxygen atoms in total. The van der Waals surface area contributed by atoms with Gasteiger partial charge in [0.15, 0.2) is 11.5 Å². The third-order valence-corrected chi connectivity index (χ3v) is 4.99. The van der Waals surface area contributed by atoms with Crippen LogP contribution < -0.4 is 14.8 Å². The van der Waals surface area contributed by atoms with Gasteiger partial charge in [-0.15, -0.1) is 0 Å². The zero-order valence-electron chi connectivity index (χ0n) is 17.7. The summed E-state index contributed by atoms with van der Waals surface area (Å²) in [6.45, 7) is 4.66. The fourth-order valence-electron chi connectivity index (χ4n) is 3.47. The molecule has 1 N–H and O–H groups in total. The highest BCUT2D eigenvalue weighted by Gasteiger charge is 2.26. The van der Waals surface area contributed by atoms with Crippen molar-refractivity contribution in [1.29, 1.82) is 0 Å². The summed E-state index contributed by atoms with van der Waals surface area (Å²) in [6.07, 6.45) is 0. The molecule has 1 amide bonds. The number of hydrogen-bond donors (Lipinski definition) is 1. The molecule has 0 aromatic heterocycles. The predicted molar refractivity (Wildman–Crippen MR) is 113 cm³/mol. The van der Waals surface area contributed by atoms with Gasteiger partial charge in [0.2, 0.25) is 5.91 Å². The quantitative estimate of drug-likeness (QED) is 0.713. The molecule has 0 aliphatic carbocycles. The van der Waals surface area contributed by atoms with Crippen molar-refractivity contribution < 1.29 is 14.3 Å². The van der Waals surface area contributed by atoms with Crippen molar-refractivity contribution in [3.8, 4) is 11.5 Å². The number of methoxy groups -OCH3 is 2. The van der Waals surface area contributed by atoms with E-state index >= 15 is 0 Å². The van der Waals surface area contributed by atoms with Crippen LogP contribution in [0.15, 0.2) is 48.5 Å². The molecule has 2 unspecified atom stereocenters. The van der Waals surface area contributed by atoms with Gasteiger partial charge in [-0.3, -0.25) is 4.79 Å². The van der Waals surface area contributed by atoms with Crippen molar-refractivity contribution in [2.45, 2.75) is 25.8 Å². The van der Waals surface area contributed by atoms with Crippen molar-refractivity contribution in [3.63, 3.8) is 0 Å². The summed E-state index contributed by atoms with van der Waals surface area (Å²) < 4.78 is 10.7. The van der Waals surface area contributed by atoms with Crippen LogP contribution in [0, 0.1) is 5.92 Å². The van der Waals surface area contributed by atoms with Gasteiger partial charge in [0.1, 0.15) is 0 Å². The zero-order valence-corrected chi connectivity index (χ0v) is 17.7. The van der Waals surface area contributed by atoms with Crippen LogP contribution in [0.5, 0.6) is 11.5 Å². The SMILES string of the molecule is COc1ccc(C(C(=O)NCC(c2ccccc2)N(C)C)C(C)C)cc1OC. The second kappa shape index (κ2) is 10.1. The number of carbonyl (C=O) groups excluding carboxylic acids is 1. The monoisotopic (exact) mass is 384 g/mol. The van der Waals surface area contributed by atoms with E-state index in [1.165, 1.54) is 5.56 Å². The van der Waals surface area contributed by atoms with Crippen molar-refractivity contribution in [2.24, 2.45) is 5.92 Å². The molecule has 0 saturated carbocycles. The molecule has 0 saturated heterocycles. The third kappa shape index (κ3) is 5.26. The van der Waals surface area contributed by atoms with Gasteiger partial charge >= 0.3 is 0 Å². The maximum atomic E-state index is 13.1. The van der Waals surface area contributed by atoms with Crippen LogP contribution >= 0.6 is 0 Å². The topological polar surface area (TPSA) is 50.8 Å². The van der Waals surface area contributed by atoms with Crippen LogP contribution in [-0.2, 0) is 4.79 Å². The number of nitrogens with zero attached hydrogens (tertiary/aromatic N) is 1. The van der Waals surface area contributed by atoms with Gasteiger partial charge in [-0.05, 0) is 43.3 Å². The molecule has 0 aliphatic heterocycles. The highest BCUT2D eigenvalue weighted by atomic mass is 16.5. The predicted octanol–water partition coefficient (Wildman–Crippen LogP) is 3.86. The van der Waals surface area contributed by atoms with Crippen LogP contribution in [0.1, 0.15) is 36.9 Å². The van der Waals surface area contributed by atoms with Crippen LogP contribution in [0.4, 0.5) is 0 Å². The van der Waals surface area contributed by atoms with Gasteiger partial charge in [-0.25, -0.2) is 0 Å². The maximum Gasteiger partial charge on any atom is 0.227 e. The summed E-state index contributed by atoms with van der Waals surface area (Å²) in [4.78, 5) is 15.2. The van der Waals surface area contributed by atoms with E-state index in [1.807, 2.05) is 50.5 Å². The Kier molecular flexibility index (Phi) is 7.88. The number of amides is 1. The van der Waals surface area contributed by atoms with Crippen LogP contribution in [-0.4, -0.2) is 45.7 Å². The smallest absolute Gasteiger partial charge is 0.227 e. The summed E-state index contributed by atoms with van der Waals surface area (Å²) in [7, 11) is 7.26. The highest BCUT2D eigenvalue weighted by Crippen LogP contribution is 2.33. The van der Waals surface area contributed by atoms with E-state index in [9.17, 15) is 4.79 Å². The lowest BCUT2D eigenvalue weighted by molar-refractivity contribution is -0.123. The molecular weight excluding hydrogens is 352 g/mol. The Bertz CT molecular complexity index is 760. The van der Waals surface area contributed by atoms with E-state index in [0.717, 1.165) is 5.56 Å². The standard InChI is InChI=1S/C23H32N2O3/c1-16(2)22(18-12-13-20(27-5)21(14-18)28-6)23(26)24-15-19(25(3)4)17-10-8-7-9-11-17/h7-14,16,19,22H,15H2,1-6H3,(H,24,26). The molecule has 2 atom stereocenters. The molecule has 0 fully saturated rings. The summed E-state index contributed by atoms with van der Waals surface area (Å²) in [6, 6.07) is 16.0.